The Labute approximate surface area is 179 Å². The molecule has 0 spiro atoms. The minimum Gasteiger partial charge on any atom is -0.294 e. The maximum atomic E-state index is 5.04. The quantitative estimate of drug-likeness (QED) is 0.603. The lowest BCUT2D eigenvalue weighted by atomic mass is 9.83. The third-order valence-electron chi connectivity index (χ3n) is 6.11. The molecule has 2 heterocycles. The molecule has 3 aromatic carbocycles. The average molecular weight is 394 g/mol. The van der Waals surface area contributed by atoms with Crippen molar-refractivity contribution in [1.29, 1.82) is 0 Å². The number of rotatable bonds is 4. The van der Waals surface area contributed by atoms with Crippen LogP contribution in [-0.4, -0.2) is 35.8 Å². The van der Waals surface area contributed by atoms with E-state index in [1.165, 1.54) is 28.0 Å². The first-order valence-electron chi connectivity index (χ1n) is 10.7. The molecule has 0 aromatic heterocycles. The first-order valence-corrected chi connectivity index (χ1v) is 10.7. The molecule has 2 aliphatic rings. The van der Waals surface area contributed by atoms with Gasteiger partial charge in [0.15, 0.2) is 0 Å². The minimum atomic E-state index is 0.277. The lowest BCUT2D eigenvalue weighted by Crippen LogP contribution is -2.43. The van der Waals surface area contributed by atoms with E-state index < -0.39 is 0 Å². The van der Waals surface area contributed by atoms with Gasteiger partial charge in [0.2, 0.25) is 0 Å². The van der Waals surface area contributed by atoms with Crippen LogP contribution in [-0.2, 0) is 6.54 Å². The van der Waals surface area contributed by atoms with Crippen LogP contribution in [0.5, 0.6) is 0 Å². The zero-order chi connectivity index (χ0) is 20.3. The molecule has 0 bridgehead atoms. The van der Waals surface area contributed by atoms with Crippen molar-refractivity contribution in [2.45, 2.75) is 12.6 Å². The summed E-state index contributed by atoms with van der Waals surface area (Å²) in [6.45, 7) is 2.90. The van der Waals surface area contributed by atoms with Gasteiger partial charge in [0.1, 0.15) is 0 Å². The van der Waals surface area contributed by atoms with Gasteiger partial charge >= 0.3 is 0 Å². The van der Waals surface area contributed by atoms with Gasteiger partial charge in [-0.1, -0.05) is 91.0 Å². The summed E-state index contributed by atoms with van der Waals surface area (Å²) >= 11 is 0. The van der Waals surface area contributed by atoms with Gasteiger partial charge in [-0.15, -0.1) is 0 Å². The van der Waals surface area contributed by atoms with Crippen molar-refractivity contribution in [3.8, 4) is 0 Å². The highest BCUT2D eigenvalue weighted by atomic mass is 15.5. The first-order chi connectivity index (χ1) is 14.8. The monoisotopic (exact) mass is 393 g/mol. The van der Waals surface area contributed by atoms with Gasteiger partial charge in [0.25, 0.3) is 0 Å². The van der Waals surface area contributed by atoms with E-state index >= 15 is 0 Å². The molecule has 0 unspecified atom stereocenters. The molecule has 0 radical (unpaired) electrons. The highest BCUT2D eigenvalue weighted by Crippen LogP contribution is 2.40. The predicted molar refractivity (Wildman–Crippen MR) is 124 cm³/mol. The van der Waals surface area contributed by atoms with Crippen LogP contribution in [0.25, 0.3) is 6.08 Å². The van der Waals surface area contributed by atoms with Crippen molar-refractivity contribution < 1.29 is 0 Å². The SMILES string of the molecule is CN1N=C2/C(=C/c3ccccc3)CN(Cc3ccccc3)C[C@H]2[C@H]1c1ccccc1. The van der Waals surface area contributed by atoms with Crippen molar-refractivity contribution in [3.63, 3.8) is 0 Å². The van der Waals surface area contributed by atoms with Crippen LogP contribution in [0.1, 0.15) is 22.7 Å². The molecule has 2 atom stereocenters. The highest BCUT2D eigenvalue weighted by Gasteiger charge is 2.42. The number of fused-ring (bicyclic) bond motifs is 1. The summed E-state index contributed by atoms with van der Waals surface area (Å²) in [4.78, 5) is 2.57. The molecule has 5 rings (SSSR count). The summed E-state index contributed by atoms with van der Waals surface area (Å²) in [5, 5.41) is 7.21. The number of benzene rings is 3. The van der Waals surface area contributed by atoms with Crippen LogP contribution >= 0.6 is 0 Å². The van der Waals surface area contributed by atoms with Crippen LogP contribution < -0.4 is 0 Å². The Balaban J connectivity index is 1.51. The van der Waals surface area contributed by atoms with Gasteiger partial charge in [0, 0.05) is 32.6 Å². The van der Waals surface area contributed by atoms with Crippen molar-refractivity contribution in [3.05, 3.63) is 113 Å². The second-order valence-corrected chi connectivity index (χ2v) is 8.26. The van der Waals surface area contributed by atoms with Crippen molar-refractivity contribution >= 4 is 11.8 Å². The van der Waals surface area contributed by atoms with E-state index in [1.54, 1.807) is 0 Å². The maximum absolute atomic E-state index is 5.04. The fourth-order valence-corrected chi connectivity index (χ4v) is 4.80. The van der Waals surface area contributed by atoms with E-state index in [0.717, 1.165) is 19.6 Å². The molecule has 0 aliphatic carbocycles. The van der Waals surface area contributed by atoms with Crippen LogP contribution in [0, 0.1) is 5.92 Å². The van der Waals surface area contributed by atoms with Crippen molar-refractivity contribution in [1.82, 2.24) is 9.91 Å². The summed E-state index contributed by atoms with van der Waals surface area (Å²) in [6.07, 6.45) is 2.32. The Bertz CT molecular complexity index is 1040. The zero-order valence-corrected chi connectivity index (χ0v) is 17.4. The van der Waals surface area contributed by atoms with Gasteiger partial charge in [0.05, 0.1) is 11.8 Å². The predicted octanol–water partition coefficient (Wildman–Crippen LogP) is 5.24. The molecule has 0 amide bonds. The fraction of sp³-hybridized carbons (Fsp3) is 0.222. The summed E-state index contributed by atoms with van der Waals surface area (Å²) in [6, 6.07) is 32.5. The molecule has 150 valence electrons. The lowest BCUT2D eigenvalue weighted by Gasteiger charge is -2.36. The third kappa shape index (κ3) is 3.81. The smallest absolute Gasteiger partial charge is 0.0813 e. The van der Waals surface area contributed by atoms with Crippen LogP contribution in [0.3, 0.4) is 0 Å². The van der Waals surface area contributed by atoms with E-state index in [-0.39, 0.29) is 6.04 Å². The Hall–Kier alpha value is -3.17. The molecule has 3 aromatic rings. The number of hydrogen-bond acceptors (Lipinski definition) is 3. The van der Waals surface area contributed by atoms with E-state index in [0.29, 0.717) is 5.92 Å². The van der Waals surface area contributed by atoms with E-state index in [1.807, 2.05) is 0 Å². The Morgan fingerprint density at radius 2 is 1.50 bits per heavy atom. The Morgan fingerprint density at radius 1 is 0.867 bits per heavy atom. The molecule has 30 heavy (non-hydrogen) atoms. The number of hydrazone groups is 1. The highest BCUT2D eigenvalue weighted by molar-refractivity contribution is 6.07. The fourth-order valence-electron chi connectivity index (χ4n) is 4.80. The largest absolute Gasteiger partial charge is 0.294 e. The molecule has 0 saturated carbocycles. The zero-order valence-electron chi connectivity index (χ0n) is 17.4. The summed E-state index contributed by atoms with van der Waals surface area (Å²) < 4.78 is 0. The van der Waals surface area contributed by atoms with Crippen molar-refractivity contribution in [2.24, 2.45) is 11.0 Å². The average Bonchev–Trinajstić information content (AvgIpc) is 3.12. The van der Waals surface area contributed by atoms with Gasteiger partial charge in [-0.2, -0.15) is 5.10 Å². The Morgan fingerprint density at radius 3 is 2.20 bits per heavy atom. The van der Waals surface area contributed by atoms with Crippen LogP contribution in [0.4, 0.5) is 0 Å². The van der Waals surface area contributed by atoms with Crippen LogP contribution in [0.2, 0.25) is 0 Å². The summed E-state index contributed by atoms with van der Waals surface area (Å²) in [5.41, 5.74) is 6.52. The topological polar surface area (TPSA) is 18.8 Å². The molecule has 3 heteroatoms. The number of piperidine rings is 1. The third-order valence-corrected chi connectivity index (χ3v) is 6.11. The minimum absolute atomic E-state index is 0.277. The van der Waals surface area contributed by atoms with Gasteiger partial charge in [-0.05, 0) is 28.3 Å². The standard InChI is InChI=1S/C27H27N3/c1-29-27(23-15-9-4-10-16-23)25-20-30(18-22-13-7-3-8-14-22)19-24(26(25)28-29)17-21-11-5-2-6-12-21/h2-17,25,27H,18-20H2,1H3/b24-17+/t25-,27-/m1/s1. The van der Waals surface area contributed by atoms with Gasteiger partial charge in [-0.25, -0.2) is 0 Å². The molecule has 3 nitrogen and oxygen atoms in total. The van der Waals surface area contributed by atoms with Gasteiger partial charge < -0.3 is 0 Å². The number of hydrogen-bond donors (Lipinski definition) is 0. The van der Waals surface area contributed by atoms with E-state index in [2.05, 4.69) is 114 Å². The Kier molecular flexibility index (Phi) is 5.20. The summed E-state index contributed by atoms with van der Waals surface area (Å²) in [7, 11) is 2.12. The number of likely N-dealkylation sites (tertiary alicyclic amines) is 1. The maximum Gasteiger partial charge on any atom is 0.0813 e. The normalized spacial score (nSPS) is 22.8. The number of nitrogens with zero attached hydrogens (tertiary/aromatic N) is 3. The second kappa shape index (κ2) is 8.29. The van der Waals surface area contributed by atoms with Crippen LogP contribution in [0.15, 0.2) is 102 Å². The molecular formula is C27H27N3. The molecule has 1 saturated heterocycles. The molecule has 1 fully saturated rings. The first kappa shape index (κ1) is 18.8. The van der Waals surface area contributed by atoms with Gasteiger partial charge in [-0.3, -0.25) is 9.91 Å². The van der Waals surface area contributed by atoms with E-state index in [9.17, 15) is 0 Å². The van der Waals surface area contributed by atoms with Crippen molar-refractivity contribution in [2.75, 3.05) is 20.1 Å². The second-order valence-electron chi connectivity index (χ2n) is 8.26. The molecule has 2 aliphatic heterocycles. The van der Waals surface area contributed by atoms with E-state index in [4.69, 9.17) is 5.10 Å². The molecular weight excluding hydrogens is 366 g/mol. The molecule has 0 N–H and O–H groups in total. The summed E-state index contributed by atoms with van der Waals surface area (Å²) in [5.74, 6) is 0.366. The lowest BCUT2D eigenvalue weighted by molar-refractivity contribution is 0.190.